The van der Waals surface area contributed by atoms with E-state index in [1.54, 1.807) is 0 Å². The van der Waals surface area contributed by atoms with Crippen molar-refractivity contribution in [3.8, 4) is 39.5 Å². The van der Waals surface area contributed by atoms with Crippen molar-refractivity contribution in [1.82, 2.24) is 14.5 Å². The maximum Gasteiger partial charge on any atom is 0.235 e. The van der Waals surface area contributed by atoms with Crippen molar-refractivity contribution in [3.63, 3.8) is 0 Å². The van der Waals surface area contributed by atoms with Gasteiger partial charge in [-0.15, -0.1) is 0 Å². The summed E-state index contributed by atoms with van der Waals surface area (Å²) in [7, 11) is 0. The molecule has 11 rings (SSSR count). The van der Waals surface area contributed by atoms with Crippen LogP contribution in [0.15, 0.2) is 164 Å². The van der Waals surface area contributed by atoms with Crippen molar-refractivity contribution < 1.29 is 0 Å². The summed E-state index contributed by atoms with van der Waals surface area (Å²) in [6.45, 7) is 8.72. The van der Waals surface area contributed by atoms with Gasteiger partial charge in [0, 0.05) is 32.7 Å². The maximum absolute atomic E-state index is 5.42. The maximum atomic E-state index is 5.42. The Hall–Kier alpha value is -6.58. The molecule has 1 aliphatic carbocycles. The number of aromatic nitrogens is 3. The topological polar surface area (TPSA) is 30.7 Å². The molecule has 1 aliphatic rings. The summed E-state index contributed by atoms with van der Waals surface area (Å²) in [5, 5.41) is 8.46. The Labute approximate surface area is 315 Å². The monoisotopic (exact) mass is 693 g/mol. The quantitative estimate of drug-likeness (QED) is 0.184. The van der Waals surface area contributed by atoms with E-state index >= 15 is 0 Å². The van der Waals surface area contributed by atoms with Gasteiger partial charge < -0.3 is 0 Å². The van der Waals surface area contributed by atoms with Gasteiger partial charge in [0.25, 0.3) is 0 Å². The smallest absolute Gasteiger partial charge is 0.235 e. The van der Waals surface area contributed by atoms with Gasteiger partial charge in [-0.1, -0.05) is 173 Å². The highest BCUT2D eigenvalue weighted by molar-refractivity contribution is 6.23. The lowest BCUT2D eigenvalue weighted by atomic mass is 9.82. The largest absolute Gasteiger partial charge is 0.277 e. The first kappa shape index (κ1) is 32.1. The first-order valence-corrected chi connectivity index (χ1v) is 19.0. The van der Waals surface area contributed by atoms with E-state index in [-0.39, 0.29) is 5.41 Å². The molecular weight excluding hydrogens is 655 g/mol. The molecule has 2 aromatic heterocycles. The summed E-state index contributed by atoms with van der Waals surface area (Å²) in [5.41, 5.74) is 12.8. The number of benzene rings is 8. The molecule has 0 unspecified atom stereocenters. The molecule has 0 saturated carbocycles. The highest BCUT2D eigenvalue weighted by Gasteiger charge is 2.36. The average Bonchev–Trinajstić information content (AvgIpc) is 3.70. The van der Waals surface area contributed by atoms with Crippen LogP contribution in [0.3, 0.4) is 0 Å². The van der Waals surface area contributed by atoms with Gasteiger partial charge in [-0.25, -0.2) is 9.97 Å². The van der Waals surface area contributed by atoms with Gasteiger partial charge in [0.05, 0.1) is 22.2 Å². The number of hydrogen-bond donors (Lipinski definition) is 0. The van der Waals surface area contributed by atoms with E-state index < -0.39 is 0 Å². The Bertz CT molecular complexity index is 3100. The molecule has 0 radical (unpaired) electrons. The molecule has 0 N–H and O–H groups in total. The zero-order valence-corrected chi connectivity index (χ0v) is 30.9. The van der Waals surface area contributed by atoms with E-state index in [1.165, 1.54) is 60.1 Å². The normalized spacial score (nSPS) is 13.0. The fraction of sp³-hybridized carbons (Fsp3) is 0.0980. The lowest BCUT2D eigenvalue weighted by Crippen LogP contribution is -2.14. The highest BCUT2D eigenvalue weighted by Crippen LogP contribution is 2.52. The fourth-order valence-electron chi connectivity index (χ4n) is 8.95. The van der Waals surface area contributed by atoms with Crippen LogP contribution in [0.1, 0.15) is 38.8 Å². The van der Waals surface area contributed by atoms with Gasteiger partial charge in [-0.2, -0.15) is 0 Å². The van der Waals surface area contributed by atoms with E-state index in [0.717, 1.165) is 38.8 Å². The van der Waals surface area contributed by atoms with Crippen molar-refractivity contribution in [2.24, 2.45) is 0 Å². The van der Waals surface area contributed by atoms with Gasteiger partial charge >= 0.3 is 0 Å². The molecule has 0 spiro atoms. The van der Waals surface area contributed by atoms with Crippen LogP contribution in [0.4, 0.5) is 0 Å². The van der Waals surface area contributed by atoms with Gasteiger partial charge in [0.15, 0.2) is 0 Å². The standard InChI is InChI=1S/C49H33N3.C2H6/c1-49(2)40-26-24-33(29-39(40)44-34-17-8-6-13-30(34)23-27-41(44)49)36-20-12-21-38-45-35-18-9-7-14-31(35)25-28-43(45)52(47(36)38)48-50-42-22-11-10-19-37(42)46(51-48)32-15-4-3-5-16-32;1-2/h3-29H,1-2H3;1-2H3. The van der Waals surface area contributed by atoms with Gasteiger partial charge in [-0.3, -0.25) is 4.57 Å². The molecule has 0 fully saturated rings. The van der Waals surface area contributed by atoms with E-state index in [9.17, 15) is 0 Å². The number of hydrogen-bond acceptors (Lipinski definition) is 2. The lowest BCUT2D eigenvalue weighted by Gasteiger charge is -2.21. The Balaban J connectivity index is 0.00000178. The van der Waals surface area contributed by atoms with Crippen LogP contribution in [0, 0.1) is 0 Å². The van der Waals surface area contributed by atoms with Crippen molar-refractivity contribution in [1.29, 1.82) is 0 Å². The summed E-state index contributed by atoms with van der Waals surface area (Å²) in [6.07, 6.45) is 0. The van der Waals surface area contributed by atoms with Crippen molar-refractivity contribution in [2.45, 2.75) is 33.1 Å². The number of fused-ring (bicyclic) bond motifs is 11. The van der Waals surface area contributed by atoms with Crippen LogP contribution in [0.25, 0.3) is 93.7 Å². The average molecular weight is 694 g/mol. The Morgan fingerprint density at radius 2 is 1.13 bits per heavy atom. The molecule has 0 amide bonds. The fourth-order valence-corrected chi connectivity index (χ4v) is 8.95. The Morgan fingerprint density at radius 1 is 0.481 bits per heavy atom. The van der Waals surface area contributed by atoms with Crippen molar-refractivity contribution in [2.75, 3.05) is 0 Å². The number of rotatable bonds is 3. The van der Waals surface area contributed by atoms with Gasteiger partial charge in [0.2, 0.25) is 5.95 Å². The minimum atomic E-state index is -0.0974. The number of nitrogens with zero attached hydrogens (tertiary/aromatic N) is 3. The molecule has 54 heavy (non-hydrogen) atoms. The Morgan fingerprint density at radius 3 is 1.94 bits per heavy atom. The molecule has 0 atom stereocenters. The number of para-hydroxylation sites is 2. The molecule has 258 valence electrons. The summed E-state index contributed by atoms with van der Waals surface area (Å²) in [6, 6.07) is 59.3. The third-order valence-corrected chi connectivity index (χ3v) is 11.4. The molecular formula is C51H39N3. The molecule has 0 aliphatic heterocycles. The minimum Gasteiger partial charge on any atom is -0.277 e. The van der Waals surface area contributed by atoms with E-state index in [2.05, 4.69) is 182 Å². The van der Waals surface area contributed by atoms with Crippen molar-refractivity contribution >= 4 is 54.3 Å². The molecule has 8 aromatic carbocycles. The third kappa shape index (κ3) is 4.61. The zero-order valence-electron chi connectivity index (χ0n) is 30.9. The van der Waals surface area contributed by atoms with Gasteiger partial charge in [0.1, 0.15) is 0 Å². The Kier molecular flexibility index (Phi) is 7.28. The van der Waals surface area contributed by atoms with E-state index in [0.29, 0.717) is 5.95 Å². The van der Waals surface area contributed by atoms with Crippen LogP contribution < -0.4 is 0 Å². The molecule has 0 bridgehead atoms. The molecule has 2 heterocycles. The second-order valence-corrected chi connectivity index (χ2v) is 14.6. The van der Waals surface area contributed by atoms with Crippen molar-refractivity contribution in [3.05, 3.63) is 175 Å². The molecule has 3 nitrogen and oxygen atoms in total. The SMILES string of the molecule is CC.CC1(C)c2ccc(-c3cccc4c5c6ccccc6ccc5n(-c5nc(-c6ccccc6)c6ccccc6n5)c34)cc2-c2c1ccc1ccccc21. The highest BCUT2D eigenvalue weighted by atomic mass is 15.2. The van der Waals surface area contributed by atoms with E-state index in [1.807, 2.05) is 13.8 Å². The van der Waals surface area contributed by atoms with Crippen LogP contribution in [0.2, 0.25) is 0 Å². The third-order valence-electron chi connectivity index (χ3n) is 11.4. The first-order chi connectivity index (χ1) is 26.6. The van der Waals surface area contributed by atoms with Crippen LogP contribution >= 0.6 is 0 Å². The van der Waals surface area contributed by atoms with E-state index in [4.69, 9.17) is 9.97 Å². The summed E-state index contributed by atoms with van der Waals surface area (Å²) in [4.78, 5) is 10.7. The first-order valence-electron chi connectivity index (χ1n) is 19.0. The summed E-state index contributed by atoms with van der Waals surface area (Å²) >= 11 is 0. The molecule has 10 aromatic rings. The van der Waals surface area contributed by atoms with Crippen LogP contribution in [-0.2, 0) is 5.41 Å². The van der Waals surface area contributed by atoms with Crippen LogP contribution in [-0.4, -0.2) is 14.5 Å². The lowest BCUT2D eigenvalue weighted by molar-refractivity contribution is 0.661. The molecule has 0 saturated heterocycles. The van der Waals surface area contributed by atoms with Gasteiger partial charge in [-0.05, 0) is 67.6 Å². The second-order valence-electron chi connectivity index (χ2n) is 14.6. The second kappa shape index (κ2) is 12.2. The predicted octanol–water partition coefficient (Wildman–Crippen LogP) is 13.7. The summed E-state index contributed by atoms with van der Waals surface area (Å²) in [5.74, 6) is 0.666. The summed E-state index contributed by atoms with van der Waals surface area (Å²) < 4.78 is 2.31. The minimum absolute atomic E-state index is 0.0974. The zero-order chi connectivity index (χ0) is 36.6. The predicted molar refractivity (Wildman–Crippen MR) is 229 cm³/mol. The molecule has 3 heteroatoms. The van der Waals surface area contributed by atoms with Crippen LogP contribution in [0.5, 0.6) is 0 Å².